The molecule has 2 aliphatic heterocycles. The topological polar surface area (TPSA) is 54.3 Å². The van der Waals surface area contributed by atoms with Crippen LogP contribution in [0.15, 0.2) is 0 Å². The maximum absolute atomic E-state index is 12.5. The summed E-state index contributed by atoms with van der Waals surface area (Å²) in [6, 6.07) is 0. The lowest BCUT2D eigenvalue weighted by atomic mass is 9.96. The van der Waals surface area contributed by atoms with E-state index in [2.05, 4.69) is 31.6 Å². The monoisotopic (exact) mass is 359 g/mol. The highest BCUT2D eigenvalue weighted by Gasteiger charge is 2.30. The van der Waals surface area contributed by atoms with E-state index in [9.17, 15) is 4.79 Å². The highest BCUT2D eigenvalue weighted by Crippen LogP contribution is 2.34. The molecule has 0 aromatic carbocycles. The molecule has 3 heterocycles. The molecule has 6 nitrogen and oxygen atoms in total. The standard InChI is InChI=1S/C20H33N5O/c1-23-18(15-24-11-3-2-4-12-24)21-22-20(23)17-6-5-13-25(14-17)19(26)10-9-16-7-8-16/h16-17H,2-15H2,1H3/t17-/m0/s1. The number of carbonyl (C=O) groups excluding carboxylic acids is 1. The first-order valence-electron chi connectivity index (χ1n) is 10.6. The fraction of sp³-hybridized carbons (Fsp3) is 0.850. The lowest BCUT2D eigenvalue weighted by Gasteiger charge is -2.32. The van der Waals surface area contributed by atoms with Gasteiger partial charge in [-0.15, -0.1) is 10.2 Å². The Kier molecular flexibility index (Phi) is 5.57. The molecule has 0 bridgehead atoms. The minimum Gasteiger partial charge on any atom is -0.342 e. The number of carbonyl (C=O) groups is 1. The van der Waals surface area contributed by atoms with Gasteiger partial charge in [-0.1, -0.05) is 19.3 Å². The van der Waals surface area contributed by atoms with Gasteiger partial charge in [0.05, 0.1) is 6.54 Å². The summed E-state index contributed by atoms with van der Waals surface area (Å²) in [4.78, 5) is 17.1. The Bertz CT molecular complexity index is 618. The van der Waals surface area contributed by atoms with Gasteiger partial charge in [-0.05, 0) is 51.1 Å². The van der Waals surface area contributed by atoms with E-state index in [0.29, 0.717) is 11.8 Å². The third-order valence-electron chi connectivity index (χ3n) is 6.42. The average molecular weight is 360 g/mol. The van der Waals surface area contributed by atoms with Crippen LogP contribution in [0.5, 0.6) is 0 Å². The van der Waals surface area contributed by atoms with E-state index in [0.717, 1.165) is 62.9 Å². The van der Waals surface area contributed by atoms with Crippen molar-refractivity contribution in [1.82, 2.24) is 24.6 Å². The molecule has 0 N–H and O–H groups in total. The van der Waals surface area contributed by atoms with Crippen molar-refractivity contribution in [2.45, 2.75) is 70.3 Å². The molecule has 144 valence electrons. The van der Waals surface area contributed by atoms with Crippen molar-refractivity contribution >= 4 is 5.91 Å². The van der Waals surface area contributed by atoms with E-state index in [-0.39, 0.29) is 0 Å². The lowest BCUT2D eigenvalue weighted by Crippen LogP contribution is -2.39. The molecule has 1 atom stereocenters. The van der Waals surface area contributed by atoms with Crippen LogP contribution in [0.1, 0.15) is 75.4 Å². The molecule has 0 spiro atoms. The minimum atomic E-state index is 0.334. The summed E-state index contributed by atoms with van der Waals surface area (Å²) in [5.41, 5.74) is 0. The van der Waals surface area contributed by atoms with Gasteiger partial charge in [-0.25, -0.2) is 0 Å². The third-order valence-corrected chi connectivity index (χ3v) is 6.42. The second-order valence-corrected chi connectivity index (χ2v) is 8.53. The summed E-state index contributed by atoms with van der Waals surface area (Å²) in [6.45, 7) is 4.99. The first kappa shape index (κ1) is 18.0. The Morgan fingerprint density at radius 2 is 1.85 bits per heavy atom. The van der Waals surface area contributed by atoms with E-state index < -0.39 is 0 Å². The molecule has 1 aliphatic carbocycles. The molecule has 1 saturated carbocycles. The Labute approximate surface area is 156 Å². The third kappa shape index (κ3) is 4.27. The fourth-order valence-electron chi connectivity index (χ4n) is 4.49. The number of hydrogen-bond acceptors (Lipinski definition) is 4. The Balaban J connectivity index is 1.36. The second-order valence-electron chi connectivity index (χ2n) is 8.53. The molecule has 3 aliphatic rings. The van der Waals surface area contributed by atoms with Crippen LogP contribution in [0.3, 0.4) is 0 Å². The molecule has 1 aromatic heterocycles. The zero-order chi connectivity index (χ0) is 17.9. The molecular formula is C20H33N5O. The van der Waals surface area contributed by atoms with Crippen LogP contribution in [0.4, 0.5) is 0 Å². The predicted octanol–water partition coefficient (Wildman–Crippen LogP) is 2.70. The summed E-state index contributed by atoms with van der Waals surface area (Å²) in [5.74, 6) is 3.64. The number of aromatic nitrogens is 3. The van der Waals surface area contributed by atoms with Gasteiger partial charge in [-0.2, -0.15) is 0 Å². The quantitative estimate of drug-likeness (QED) is 0.784. The van der Waals surface area contributed by atoms with Crippen molar-refractivity contribution < 1.29 is 4.79 Å². The maximum Gasteiger partial charge on any atom is 0.222 e. The van der Waals surface area contributed by atoms with Crippen LogP contribution >= 0.6 is 0 Å². The van der Waals surface area contributed by atoms with Gasteiger partial charge in [0.25, 0.3) is 0 Å². The molecular weight excluding hydrogens is 326 g/mol. The van der Waals surface area contributed by atoms with Crippen molar-refractivity contribution in [2.75, 3.05) is 26.2 Å². The number of amides is 1. The number of piperidine rings is 2. The molecule has 2 saturated heterocycles. The molecule has 4 rings (SSSR count). The Morgan fingerprint density at radius 3 is 2.62 bits per heavy atom. The Morgan fingerprint density at radius 1 is 1.04 bits per heavy atom. The van der Waals surface area contributed by atoms with Gasteiger partial charge in [-0.3, -0.25) is 9.69 Å². The molecule has 0 unspecified atom stereocenters. The second kappa shape index (κ2) is 8.07. The number of likely N-dealkylation sites (tertiary alicyclic amines) is 2. The first-order valence-corrected chi connectivity index (χ1v) is 10.6. The Hall–Kier alpha value is -1.43. The van der Waals surface area contributed by atoms with Crippen molar-refractivity contribution in [3.8, 4) is 0 Å². The SMILES string of the molecule is Cn1c(CN2CCCCC2)nnc1[C@H]1CCCN(C(=O)CCC2CC2)C1. The van der Waals surface area contributed by atoms with Crippen molar-refractivity contribution in [3.63, 3.8) is 0 Å². The molecule has 26 heavy (non-hydrogen) atoms. The van der Waals surface area contributed by atoms with Crippen LogP contribution in [0.25, 0.3) is 0 Å². The summed E-state index contributed by atoms with van der Waals surface area (Å²) >= 11 is 0. The van der Waals surface area contributed by atoms with Crippen molar-refractivity contribution in [2.24, 2.45) is 13.0 Å². The summed E-state index contributed by atoms with van der Waals surface area (Å²) < 4.78 is 2.19. The van der Waals surface area contributed by atoms with Gasteiger partial charge in [0.1, 0.15) is 11.6 Å². The van der Waals surface area contributed by atoms with Crippen LogP contribution in [0.2, 0.25) is 0 Å². The maximum atomic E-state index is 12.5. The summed E-state index contributed by atoms with van der Waals surface area (Å²) in [5, 5.41) is 9.02. The van der Waals surface area contributed by atoms with Crippen LogP contribution in [-0.2, 0) is 18.4 Å². The van der Waals surface area contributed by atoms with Crippen LogP contribution < -0.4 is 0 Å². The minimum absolute atomic E-state index is 0.334. The highest BCUT2D eigenvalue weighted by atomic mass is 16.2. The van der Waals surface area contributed by atoms with Crippen molar-refractivity contribution in [3.05, 3.63) is 11.6 Å². The zero-order valence-electron chi connectivity index (χ0n) is 16.2. The smallest absolute Gasteiger partial charge is 0.222 e. The van der Waals surface area contributed by atoms with Gasteiger partial charge in [0, 0.05) is 32.5 Å². The van der Waals surface area contributed by atoms with Crippen LogP contribution in [0, 0.1) is 5.92 Å². The molecule has 6 heteroatoms. The largest absolute Gasteiger partial charge is 0.342 e. The number of nitrogens with zero attached hydrogens (tertiary/aromatic N) is 5. The van der Waals surface area contributed by atoms with Crippen molar-refractivity contribution in [1.29, 1.82) is 0 Å². The molecule has 0 radical (unpaired) electrons. The highest BCUT2D eigenvalue weighted by molar-refractivity contribution is 5.76. The number of rotatable bonds is 6. The predicted molar refractivity (Wildman–Crippen MR) is 101 cm³/mol. The van der Waals surface area contributed by atoms with Gasteiger partial charge in [0.2, 0.25) is 5.91 Å². The van der Waals surface area contributed by atoms with Gasteiger partial charge in [0.15, 0.2) is 0 Å². The fourth-order valence-corrected chi connectivity index (χ4v) is 4.49. The van der Waals surface area contributed by atoms with E-state index in [4.69, 9.17) is 0 Å². The zero-order valence-corrected chi connectivity index (χ0v) is 16.2. The van der Waals surface area contributed by atoms with E-state index >= 15 is 0 Å². The van der Waals surface area contributed by atoms with E-state index in [1.54, 1.807) is 0 Å². The molecule has 1 amide bonds. The van der Waals surface area contributed by atoms with E-state index in [1.807, 2.05) is 0 Å². The van der Waals surface area contributed by atoms with Crippen LogP contribution in [-0.4, -0.2) is 56.7 Å². The van der Waals surface area contributed by atoms with E-state index in [1.165, 1.54) is 45.2 Å². The molecule has 3 fully saturated rings. The van der Waals surface area contributed by atoms with Gasteiger partial charge < -0.3 is 9.47 Å². The number of hydrogen-bond donors (Lipinski definition) is 0. The summed E-state index contributed by atoms with van der Waals surface area (Å²) in [7, 11) is 2.10. The molecule has 1 aromatic rings. The average Bonchev–Trinajstić information content (AvgIpc) is 3.44. The normalized spacial score (nSPS) is 24.8. The lowest BCUT2D eigenvalue weighted by molar-refractivity contribution is -0.132. The van der Waals surface area contributed by atoms with Gasteiger partial charge >= 0.3 is 0 Å². The summed E-state index contributed by atoms with van der Waals surface area (Å²) in [6.07, 6.45) is 10.6. The first-order chi connectivity index (χ1) is 12.7.